The Hall–Kier alpha value is -2.22. The molecule has 3 aliphatic heterocycles. The number of esters is 1. The predicted molar refractivity (Wildman–Crippen MR) is 134 cm³/mol. The fraction of sp³-hybridized carbons (Fsp3) is 0.519. The first kappa shape index (κ1) is 22.9. The van der Waals surface area contributed by atoms with Crippen LogP contribution in [0.4, 0.5) is 10.1 Å². The molecule has 6 nitrogen and oxygen atoms in total. The Bertz CT molecular complexity index is 1390. The summed E-state index contributed by atoms with van der Waals surface area (Å²) in [5.41, 5.74) is 1.07. The molecule has 1 N–H and O–H groups in total. The van der Waals surface area contributed by atoms with Crippen molar-refractivity contribution in [3.63, 3.8) is 0 Å². The SMILES string of the molecule is CC1(C)CCC23CC1C=C1Nc4cc(Cl)ncc4[C@@]12[C@@H](c1ccnc(Cl)c1F)[C@@H]1C(=O)OC(C)(C)N13. The molecule has 2 aromatic heterocycles. The second-order valence-electron chi connectivity index (χ2n) is 12.1. The fourth-order valence-corrected chi connectivity index (χ4v) is 8.74. The molecule has 3 fully saturated rings. The topological polar surface area (TPSA) is 67.3 Å². The van der Waals surface area contributed by atoms with Crippen LogP contribution in [-0.4, -0.2) is 38.1 Å². The van der Waals surface area contributed by atoms with Crippen molar-refractivity contribution in [3.8, 4) is 0 Å². The molecule has 0 radical (unpaired) electrons. The summed E-state index contributed by atoms with van der Waals surface area (Å²) in [5.74, 6) is -1.28. The van der Waals surface area contributed by atoms with Gasteiger partial charge in [-0.3, -0.25) is 4.79 Å². The minimum Gasteiger partial charge on any atom is -0.443 e. The number of carbonyl (C=O) groups excluding carboxylic acids is 1. The van der Waals surface area contributed by atoms with Crippen molar-refractivity contribution in [1.82, 2.24) is 14.9 Å². The highest BCUT2D eigenvalue weighted by molar-refractivity contribution is 6.30. The second-order valence-corrected chi connectivity index (χ2v) is 12.8. The molecule has 5 heterocycles. The molecule has 2 aromatic rings. The van der Waals surface area contributed by atoms with Gasteiger partial charge in [-0.2, -0.15) is 0 Å². The van der Waals surface area contributed by atoms with Gasteiger partial charge in [-0.1, -0.05) is 43.1 Å². The van der Waals surface area contributed by atoms with Crippen LogP contribution < -0.4 is 5.32 Å². The first-order valence-electron chi connectivity index (χ1n) is 12.4. The highest BCUT2D eigenvalue weighted by atomic mass is 35.5. The molecule has 2 aliphatic carbocycles. The first-order chi connectivity index (χ1) is 16.9. The van der Waals surface area contributed by atoms with Gasteiger partial charge in [-0.05, 0) is 62.1 Å². The Balaban J connectivity index is 1.63. The molecule has 2 unspecified atom stereocenters. The minimum atomic E-state index is -0.867. The predicted octanol–water partition coefficient (Wildman–Crippen LogP) is 5.81. The summed E-state index contributed by atoms with van der Waals surface area (Å²) >= 11 is 12.6. The molecule has 9 heteroatoms. The van der Waals surface area contributed by atoms with E-state index in [0.717, 1.165) is 36.2 Å². The van der Waals surface area contributed by atoms with E-state index in [1.54, 1.807) is 6.07 Å². The second kappa shape index (κ2) is 6.80. The van der Waals surface area contributed by atoms with E-state index < -0.39 is 34.5 Å². The Morgan fingerprint density at radius 3 is 2.75 bits per heavy atom. The van der Waals surface area contributed by atoms with Crippen molar-refractivity contribution in [2.75, 3.05) is 5.32 Å². The van der Waals surface area contributed by atoms with Crippen molar-refractivity contribution < 1.29 is 13.9 Å². The lowest BCUT2D eigenvalue weighted by atomic mass is 9.47. The summed E-state index contributed by atoms with van der Waals surface area (Å²) in [6, 6.07) is 2.79. The van der Waals surface area contributed by atoms with Gasteiger partial charge in [0.05, 0.1) is 5.41 Å². The van der Waals surface area contributed by atoms with Crippen LogP contribution in [0, 0.1) is 17.2 Å². The van der Waals surface area contributed by atoms with E-state index in [0.29, 0.717) is 10.7 Å². The Morgan fingerprint density at radius 2 is 1.97 bits per heavy atom. The average molecular weight is 529 g/mol. The molecule has 5 atom stereocenters. The smallest absolute Gasteiger partial charge is 0.325 e. The molecule has 5 aliphatic rings. The van der Waals surface area contributed by atoms with Crippen LogP contribution in [0.5, 0.6) is 0 Å². The van der Waals surface area contributed by atoms with E-state index in [-0.39, 0.29) is 22.5 Å². The van der Waals surface area contributed by atoms with Crippen LogP contribution in [0.3, 0.4) is 0 Å². The number of aromatic nitrogens is 2. The lowest BCUT2D eigenvalue weighted by Crippen LogP contribution is -2.66. The van der Waals surface area contributed by atoms with E-state index in [1.807, 2.05) is 26.1 Å². The number of hydrogen-bond acceptors (Lipinski definition) is 6. The number of nitrogens with zero attached hydrogens (tertiary/aromatic N) is 3. The van der Waals surface area contributed by atoms with E-state index in [4.69, 9.17) is 27.9 Å². The molecule has 1 saturated carbocycles. The molecule has 2 bridgehead atoms. The molecule has 7 rings (SSSR count). The summed E-state index contributed by atoms with van der Waals surface area (Å²) in [5, 5.41) is 3.83. The highest BCUT2D eigenvalue weighted by Gasteiger charge is 2.80. The minimum absolute atomic E-state index is 0.0737. The zero-order valence-electron chi connectivity index (χ0n) is 20.5. The highest BCUT2D eigenvalue weighted by Crippen LogP contribution is 2.75. The lowest BCUT2D eigenvalue weighted by Gasteiger charge is -2.61. The molecule has 0 aromatic carbocycles. The third-order valence-corrected chi connectivity index (χ3v) is 10.2. The first-order valence-corrected chi connectivity index (χ1v) is 13.2. The molecular formula is C27H27Cl2FN4O2. The monoisotopic (exact) mass is 528 g/mol. The Kier molecular flexibility index (Phi) is 4.33. The maximum atomic E-state index is 15.9. The van der Waals surface area contributed by atoms with Crippen molar-refractivity contribution >= 4 is 34.9 Å². The number of carbonyl (C=O) groups is 1. The average Bonchev–Trinajstić information content (AvgIpc) is 3.35. The van der Waals surface area contributed by atoms with Gasteiger partial charge in [0.25, 0.3) is 0 Å². The maximum Gasteiger partial charge on any atom is 0.325 e. The quantitative estimate of drug-likeness (QED) is 0.372. The summed E-state index contributed by atoms with van der Waals surface area (Å²) in [4.78, 5) is 24.4. The number of halogens is 3. The van der Waals surface area contributed by atoms with Crippen molar-refractivity contribution in [3.05, 3.63) is 63.5 Å². The number of nitrogens with one attached hydrogen (secondary N) is 1. The number of hydrogen-bond donors (Lipinski definition) is 1. The summed E-state index contributed by atoms with van der Waals surface area (Å²) in [6.45, 7) is 8.50. The number of anilines is 1. The standard InChI is InChI=1S/C27H27Cl2FN4O2/c1-24(2)6-7-26-11-13(24)9-17-27(26,15-12-32-18(28)10-16(15)33-17)19(14-5-8-31-22(29)20(14)30)21-23(35)36-25(3,4)34(21)26/h5,8-10,12-13,19,21,33H,6-7,11H2,1-4H3/t13?,19-,21+,26?,27-/m0/s1. The zero-order valence-corrected chi connectivity index (χ0v) is 22.0. The molecule has 2 saturated heterocycles. The van der Waals surface area contributed by atoms with Gasteiger partial charge in [-0.15, -0.1) is 0 Å². The van der Waals surface area contributed by atoms with Crippen LogP contribution in [0.1, 0.15) is 64.0 Å². The van der Waals surface area contributed by atoms with Crippen molar-refractivity contribution in [2.24, 2.45) is 11.3 Å². The Labute approximate surface area is 219 Å². The number of cyclic esters (lactones) is 1. The van der Waals surface area contributed by atoms with Crippen molar-refractivity contribution in [1.29, 1.82) is 0 Å². The summed E-state index contributed by atoms with van der Waals surface area (Å²) < 4.78 is 21.9. The third kappa shape index (κ3) is 2.45. The zero-order chi connectivity index (χ0) is 25.4. The maximum absolute atomic E-state index is 15.9. The number of ether oxygens (including phenoxy) is 1. The number of allylic oxidation sites excluding steroid dienone is 1. The van der Waals surface area contributed by atoms with Crippen LogP contribution in [0.2, 0.25) is 10.3 Å². The van der Waals surface area contributed by atoms with Gasteiger partial charge >= 0.3 is 5.97 Å². The van der Waals surface area contributed by atoms with Gasteiger partial charge in [-0.25, -0.2) is 19.3 Å². The van der Waals surface area contributed by atoms with Gasteiger partial charge < -0.3 is 10.1 Å². The molecule has 0 amide bonds. The molecule has 36 heavy (non-hydrogen) atoms. The molecule has 2 spiro atoms. The van der Waals surface area contributed by atoms with Gasteiger partial charge in [0, 0.05) is 40.8 Å². The third-order valence-electron chi connectivity index (χ3n) is 9.74. The van der Waals surface area contributed by atoms with Crippen LogP contribution in [0.15, 0.2) is 36.3 Å². The van der Waals surface area contributed by atoms with Crippen molar-refractivity contribution in [2.45, 2.75) is 75.6 Å². The summed E-state index contributed by atoms with van der Waals surface area (Å²) in [7, 11) is 0. The van der Waals surface area contributed by atoms with Crippen LogP contribution in [-0.2, 0) is 14.9 Å². The van der Waals surface area contributed by atoms with E-state index in [1.165, 1.54) is 6.20 Å². The number of fused-ring (bicyclic) bond motifs is 3. The van der Waals surface area contributed by atoms with E-state index in [2.05, 4.69) is 40.1 Å². The number of rotatable bonds is 1. The van der Waals surface area contributed by atoms with E-state index >= 15 is 4.39 Å². The van der Waals surface area contributed by atoms with Gasteiger partial charge in [0.15, 0.2) is 16.7 Å². The van der Waals surface area contributed by atoms with Gasteiger partial charge in [0.1, 0.15) is 11.2 Å². The Morgan fingerprint density at radius 1 is 1.19 bits per heavy atom. The molecule has 188 valence electrons. The van der Waals surface area contributed by atoms with Crippen LogP contribution in [0.25, 0.3) is 0 Å². The lowest BCUT2D eigenvalue weighted by molar-refractivity contribution is -0.160. The fourth-order valence-electron chi connectivity index (χ4n) is 8.42. The molecular weight excluding hydrogens is 502 g/mol. The normalized spacial score (nSPS) is 36.8. The number of pyridine rings is 2. The largest absolute Gasteiger partial charge is 0.443 e. The van der Waals surface area contributed by atoms with Crippen LogP contribution >= 0.6 is 23.2 Å². The van der Waals surface area contributed by atoms with E-state index in [9.17, 15) is 4.79 Å². The summed E-state index contributed by atoms with van der Waals surface area (Å²) in [6.07, 6.45) is 8.24. The van der Waals surface area contributed by atoms with Gasteiger partial charge in [0.2, 0.25) is 0 Å².